The van der Waals surface area contributed by atoms with Gasteiger partial charge >= 0.3 is 5.97 Å². The van der Waals surface area contributed by atoms with Crippen LogP contribution in [0, 0.1) is 11.3 Å². The average Bonchev–Trinajstić information content (AvgIpc) is 2.62. The van der Waals surface area contributed by atoms with E-state index in [1.54, 1.807) is 0 Å². The Hall–Kier alpha value is -2.37. The van der Waals surface area contributed by atoms with Gasteiger partial charge in [-0.15, -0.1) is 0 Å². The van der Waals surface area contributed by atoms with Crippen molar-refractivity contribution in [2.75, 3.05) is 0 Å². The molecule has 0 heterocycles. The number of benzene rings is 1. The van der Waals surface area contributed by atoms with Crippen molar-refractivity contribution >= 4 is 17.8 Å². The lowest BCUT2D eigenvalue weighted by Crippen LogP contribution is -2.58. The molecule has 1 unspecified atom stereocenters. The van der Waals surface area contributed by atoms with Crippen LogP contribution in [0.2, 0.25) is 0 Å². The number of aryl methyl sites for hydroxylation is 1. The number of hydrogen-bond acceptors (Lipinski definition) is 4. The van der Waals surface area contributed by atoms with E-state index in [-0.39, 0.29) is 18.2 Å². The maximum absolute atomic E-state index is 13.3. The second-order valence-corrected chi connectivity index (χ2v) is 11.9. The highest BCUT2D eigenvalue weighted by Crippen LogP contribution is 2.23. The second kappa shape index (κ2) is 11.7. The van der Waals surface area contributed by atoms with Crippen LogP contribution in [0.1, 0.15) is 87.1 Å². The van der Waals surface area contributed by atoms with Gasteiger partial charge in [0.2, 0.25) is 11.8 Å². The van der Waals surface area contributed by atoms with Crippen molar-refractivity contribution in [3.63, 3.8) is 0 Å². The van der Waals surface area contributed by atoms with E-state index in [1.807, 2.05) is 80.5 Å². The standard InChI is InChI=1S/C27H44N2O4/c1-25(2,3)22(24(32)29-26(4,5)6)28-23(31)20(18-21(30)33-27(7,8)9)17-13-16-19-14-11-10-12-15-19/h10-12,14-15,20,22H,13,16-18H2,1-9H3,(H,28,31)(H,29,32)/t20?,22-/m1/s1. The first-order valence-electron chi connectivity index (χ1n) is 11.9. The number of carbonyl (C=O) groups excluding carboxylic acids is 3. The molecule has 33 heavy (non-hydrogen) atoms. The summed E-state index contributed by atoms with van der Waals surface area (Å²) in [5.74, 6) is -1.51. The molecular weight excluding hydrogens is 416 g/mol. The fraction of sp³-hybridized carbons (Fsp3) is 0.667. The predicted molar refractivity (Wildman–Crippen MR) is 133 cm³/mol. The summed E-state index contributed by atoms with van der Waals surface area (Å²) in [6, 6.07) is 9.33. The van der Waals surface area contributed by atoms with Gasteiger partial charge in [0.1, 0.15) is 11.6 Å². The monoisotopic (exact) mass is 460 g/mol. The summed E-state index contributed by atoms with van der Waals surface area (Å²) in [4.78, 5) is 38.8. The van der Waals surface area contributed by atoms with Crippen molar-refractivity contribution in [2.24, 2.45) is 11.3 Å². The van der Waals surface area contributed by atoms with E-state index in [4.69, 9.17) is 4.74 Å². The molecule has 1 aromatic rings. The topological polar surface area (TPSA) is 84.5 Å². The fourth-order valence-corrected chi connectivity index (χ4v) is 3.48. The first-order chi connectivity index (χ1) is 15.0. The van der Waals surface area contributed by atoms with Gasteiger partial charge in [-0.25, -0.2) is 0 Å². The number of esters is 1. The van der Waals surface area contributed by atoms with Crippen molar-refractivity contribution in [3.05, 3.63) is 35.9 Å². The molecule has 0 aromatic heterocycles. The molecule has 2 atom stereocenters. The van der Waals surface area contributed by atoms with E-state index >= 15 is 0 Å². The Morgan fingerprint density at radius 3 is 1.94 bits per heavy atom. The smallest absolute Gasteiger partial charge is 0.307 e. The molecule has 0 spiro atoms. The van der Waals surface area contributed by atoms with E-state index in [2.05, 4.69) is 22.8 Å². The molecule has 2 N–H and O–H groups in total. The second-order valence-electron chi connectivity index (χ2n) is 11.9. The Morgan fingerprint density at radius 1 is 0.879 bits per heavy atom. The van der Waals surface area contributed by atoms with Crippen molar-refractivity contribution in [1.29, 1.82) is 0 Å². The quantitative estimate of drug-likeness (QED) is 0.518. The number of hydrogen-bond donors (Lipinski definition) is 2. The molecule has 0 saturated carbocycles. The molecule has 0 radical (unpaired) electrons. The number of ether oxygens (including phenoxy) is 1. The van der Waals surface area contributed by atoms with Crippen LogP contribution >= 0.6 is 0 Å². The highest BCUT2D eigenvalue weighted by Gasteiger charge is 2.36. The third kappa shape index (κ3) is 11.9. The third-order valence-electron chi connectivity index (χ3n) is 4.98. The fourth-order valence-electron chi connectivity index (χ4n) is 3.48. The Kier molecular flexibility index (Phi) is 10.1. The maximum Gasteiger partial charge on any atom is 0.307 e. The van der Waals surface area contributed by atoms with Gasteiger partial charge in [-0.2, -0.15) is 0 Å². The molecule has 1 rings (SSSR count). The zero-order valence-corrected chi connectivity index (χ0v) is 22.0. The Labute approximate surface area is 200 Å². The van der Waals surface area contributed by atoms with E-state index in [0.717, 1.165) is 12.8 Å². The van der Waals surface area contributed by atoms with Gasteiger partial charge in [0.15, 0.2) is 0 Å². The van der Waals surface area contributed by atoms with Crippen molar-refractivity contribution in [2.45, 2.75) is 105 Å². The van der Waals surface area contributed by atoms with E-state index in [1.165, 1.54) is 5.56 Å². The SMILES string of the molecule is CC(C)(C)NC(=O)[C@@H](NC(=O)C(CCCc1ccccc1)CC(=O)OC(C)(C)C)C(C)(C)C. The minimum atomic E-state index is -0.723. The van der Waals surface area contributed by atoms with Crippen molar-refractivity contribution in [3.8, 4) is 0 Å². The largest absolute Gasteiger partial charge is 0.460 e. The molecule has 6 heteroatoms. The minimum Gasteiger partial charge on any atom is -0.460 e. The van der Waals surface area contributed by atoms with Crippen LogP contribution in [0.4, 0.5) is 0 Å². The number of amides is 2. The van der Waals surface area contributed by atoms with Crippen LogP contribution in [0.5, 0.6) is 0 Å². The number of nitrogens with one attached hydrogen (secondary N) is 2. The van der Waals surface area contributed by atoms with Crippen LogP contribution in [0.25, 0.3) is 0 Å². The first kappa shape index (κ1) is 28.7. The first-order valence-corrected chi connectivity index (χ1v) is 11.9. The Balaban J connectivity index is 2.98. The summed E-state index contributed by atoms with van der Waals surface area (Å²) >= 11 is 0. The third-order valence-corrected chi connectivity index (χ3v) is 4.98. The van der Waals surface area contributed by atoms with Crippen LogP contribution in [0.3, 0.4) is 0 Å². The molecule has 0 fully saturated rings. The average molecular weight is 461 g/mol. The normalized spacial score (nSPS) is 14.2. The molecule has 0 aliphatic heterocycles. The van der Waals surface area contributed by atoms with Gasteiger partial charge in [-0.1, -0.05) is 51.1 Å². The van der Waals surface area contributed by atoms with Gasteiger partial charge in [0.05, 0.1) is 6.42 Å². The van der Waals surface area contributed by atoms with Crippen molar-refractivity contribution in [1.82, 2.24) is 10.6 Å². The Bertz CT molecular complexity index is 783. The van der Waals surface area contributed by atoms with Gasteiger partial charge in [0.25, 0.3) is 0 Å². The molecular formula is C27H44N2O4. The van der Waals surface area contributed by atoms with Gasteiger partial charge in [0, 0.05) is 11.5 Å². The number of carbonyl (C=O) groups is 3. The maximum atomic E-state index is 13.3. The highest BCUT2D eigenvalue weighted by atomic mass is 16.6. The van der Waals surface area contributed by atoms with E-state index in [9.17, 15) is 14.4 Å². The zero-order valence-electron chi connectivity index (χ0n) is 22.0. The summed E-state index contributed by atoms with van der Waals surface area (Å²) in [6.07, 6.45) is 2.07. The molecule has 0 saturated heterocycles. The Morgan fingerprint density at radius 2 is 1.45 bits per heavy atom. The van der Waals surface area contributed by atoms with E-state index in [0.29, 0.717) is 6.42 Å². The molecule has 0 bridgehead atoms. The summed E-state index contributed by atoms with van der Waals surface area (Å²) in [7, 11) is 0. The highest BCUT2D eigenvalue weighted by molar-refractivity contribution is 5.90. The predicted octanol–water partition coefficient (Wildman–Crippen LogP) is 4.80. The summed E-state index contributed by atoms with van der Waals surface area (Å²) in [5.41, 5.74) is -0.350. The van der Waals surface area contributed by atoms with Crippen LogP contribution in [-0.4, -0.2) is 35.0 Å². The van der Waals surface area contributed by atoms with Gasteiger partial charge in [-0.3, -0.25) is 14.4 Å². The van der Waals surface area contributed by atoms with Gasteiger partial charge in [-0.05, 0) is 71.8 Å². The molecule has 0 aliphatic carbocycles. The molecule has 186 valence electrons. The van der Waals surface area contributed by atoms with Crippen molar-refractivity contribution < 1.29 is 19.1 Å². The van der Waals surface area contributed by atoms with Crippen LogP contribution in [-0.2, 0) is 25.5 Å². The number of rotatable bonds is 9. The minimum absolute atomic E-state index is 0.0182. The lowest BCUT2D eigenvalue weighted by molar-refractivity contribution is -0.157. The summed E-state index contributed by atoms with van der Waals surface area (Å²) in [6.45, 7) is 16.9. The molecule has 1 aromatic carbocycles. The summed E-state index contributed by atoms with van der Waals surface area (Å²) in [5, 5.41) is 5.90. The van der Waals surface area contributed by atoms with Crippen LogP contribution < -0.4 is 10.6 Å². The zero-order chi connectivity index (χ0) is 25.4. The summed E-state index contributed by atoms with van der Waals surface area (Å²) < 4.78 is 5.47. The lowest BCUT2D eigenvalue weighted by atomic mass is 9.84. The van der Waals surface area contributed by atoms with Gasteiger partial charge < -0.3 is 15.4 Å². The van der Waals surface area contributed by atoms with Crippen LogP contribution in [0.15, 0.2) is 30.3 Å². The molecule has 6 nitrogen and oxygen atoms in total. The molecule has 2 amide bonds. The van der Waals surface area contributed by atoms with E-state index < -0.39 is 34.5 Å². The molecule has 0 aliphatic rings. The lowest BCUT2D eigenvalue weighted by Gasteiger charge is -2.34.